The summed E-state index contributed by atoms with van der Waals surface area (Å²) in [6.07, 6.45) is 4.75. The number of aliphatic imine (C=N–C) groups is 1. The average molecular weight is 534 g/mol. The van der Waals surface area contributed by atoms with Gasteiger partial charge in [-0.3, -0.25) is 24.9 Å². The summed E-state index contributed by atoms with van der Waals surface area (Å²) in [5, 5.41) is 7.65. The number of urea groups is 1. The molecule has 0 atom stereocenters. The molecule has 5 rings (SSSR count). The fourth-order valence-electron chi connectivity index (χ4n) is 4.51. The highest BCUT2D eigenvalue weighted by atomic mass is 19.1. The number of nitrogens with zero attached hydrogens (tertiary/aromatic N) is 5. The number of fused-ring (bicyclic) bond motifs is 2. The number of aromatic amines is 1. The fourth-order valence-corrected chi connectivity index (χ4v) is 4.51. The fraction of sp³-hybridized carbons (Fsp3) is 0.185. The first-order valence-corrected chi connectivity index (χ1v) is 11.8. The number of halogens is 2. The standard InChI is InChI=1S/C27H25F2N7O3/c1-14(30)18(12-31-2)20-8-21-16(10-32-20)13-35(26-24(28)22(38-3)9-23(39-4)25(26)29)27(37)36(21)17-5-6-19-15(7-17)11-33-34-19/h5-12H,13,30H2,1-4H3,(H,33,34). The van der Waals surface area contributed by atoms with Gasteiger partial charge in [0, 0.05) is 47.7 Å². The number of H-pyrrole nitrogens is 1. The highest BCUT2D eigenvalue weighted by molar-refractivity contribution is 6.13. The van der Waals surface area contributed by atoms with Crippen LogP contribution in [0.3, 0.4) is 0 Å². The van der Waals surface area contributed by atoms with Gasteiger partial charge in [-0.1, -0.05) is 0 Å². The van der Waals surface area contributed by atoms with Crippen LogP contribution in [0.4, 0.5) is 30.6 Å². The largest absolute Gasteiger partial charge is 0.493 e. The first kappa shape index (κ1) is 25.6. The lowest BCUT2D eigenvalue weighted by atomic mass is 10.0. The van der Waals surface area contributed by atoms with E-state index in [1.807, 2.05) is 0 Å². The topological polar surface area (TPSA) is 122 Å². The van der Waals surface area contributed by atoms with Crippen LogP contribution in [0.15, 0.2) is 53.4 Å². The highest BCUT2D eigenvalue weighted by Crippen LogP contribution is 2.43. The van der Waals surface area contributed by atoms with Gasteiger partial charge in [0.05, 0.1) is 49.5 Å². The smallest absolute Gasteiger partial charge is 0.334 e. The predicted molar refractivity (Wildman–Crippen MR) is 145 cm³/mol. The zero-order chi connectivity index (χ0) is 27.8. The van der Waals surface area contributed by atoms with Crippen LogP contribution in [0, 0.1) is 11.6 Å². The number of aromatic nitrogens is 3. The molecular weight excluding hydrogens is 508 g/mol. The van der Waals surface area contributed by atoms with Gasteiger partial charge in [0.15, 0.2) is 23.1 Å². The van der Waals surface area contributed by atoms with Crippen LogP contribution in [0.25, 0.3) is 16.5 Å². The van der Waals surface area contributed by atoms with E-state index < -0.39 is 23.4 Å². The molecule has 10 nitrogen and oxygen atoms in total. The molecule has 39 heavy (non-hydrogen) atoms. The van der Waals surface area contributed by atoms with E-state index in [2.05, 4.69) is 20.2 Å². The lowest BCUT2D eigenvalue weighted by Gasteiger charge is -2.37. The van der Waals surface area contributed by atoms with Gasteiger partial charge in [0.1, 0.15) is 5.69 Å². The average Bonchev–Trinajstić information content (AvgIpc) is 3.40. The molecule has 3 N–H and O–H groups in total. The Bertz CT molecular complexity index is 1630. The Morgan fingerprint density at radius 3 is 2.49 bits per heavy atom. The molecule has 2 aromatic carbocycles. The Morgan fingerprint density at radius 2 is 1.85 bits per heavy atom. The number of pyridine rings is 1. The van der Waals surface area contributed by atoms with Crippen molar-refractivity contribution in [2.45, 2.75) is 13.5 Å². The van der Waals surface area contributed by atoms with E-state index in [0.717, 1.165) is 21.9 Å². The zero-order valence-electron chi connectivity index (χ0n) is 21.6. The summed E-state index contributed by atoms with van der Waals surface area (Å²) in [5.41, 5.74) is 9.24. The van der Waals surface area contributed by atoms with Crippen LogP contribution in [0.1, 0.15) is 18.2 Å². The van der Waals surface area contributed by atoms with E-state index in [0.29, 0.717) is 33.9 Å². The predicted octanol–water partition coefficient (Wildman–Crippen LogP) is 4.92. The molecule has 200 valence electrons. The van der Waals surface area contributed by atoms with Crippen molar-refractivity contribution in [3.63, 3.8) is 0 Å². The summed E-state index contributed by atoms with van der Waals surface area (Å²) >= 11 is 0. The number of nitrogens with two attached hydrogens (primary N) is 1. The number of carbonyl (C=O) groups excluding carboxylic acids is 1. The Hall–Kier alpha value is -5.00. The summed E-state index contributed by atoms with van der Waals surface area (Å²) in [5.74, 6) is -2.61. The third kappa shape index (κ3) is 4.29. The molecule has 0 saturated heterocycles. The molecule has 4 aromatic rings. The van der Waals surface area contributed by atoms with Crippen LogP contribution >= 0.6 is 0 Å². The molecule has 1 aliphatic rings. The van der Waals surface area contributed by atoms with Crippen molar-refractivity contribution in [1.82, 2.24) is 15.2 Å². The maximum absolute atomic E-state index is 15.5. The first-order valence-electron chi connectivity index (χ1n) is 11.8. The Morgan fingerprint density at radius 1 is 1.13 bits per heavy atom. The quantitative estimate of drug-likeness (QED) is 0.339. The molecule has 2 aromatic heterocycles. The minimum absolute atomic E-state index is 0.168. The molecule has 2 amide bonds. The molecule has 0 bridgehead atoms. The Labute approximate surface area is 222 Å². The van der Waals surface area contributed by atoms with E-state index in [1.165, 1.54) is 19.1 Å². The molecule has 1 aliphatic heterocycles. The molecule has 3 heterocycles. The van der Waals surface area contributed by atoms with Crippen LogP contribution in [-0.4, -0.2) is 48.7 Å². The van der Waals surface area contributed by atoms with Crippen LogP contribution in [-0.2, 0) is 6.54 Å². The molecule has 0 saturated carbocycles. The third-order valence-corrected chi connectivity index (χ3v) is 6.41. The molecule has 0 radical (unpaired) electrons. The highest BCUT2D eigenvalue weighted by Gasteiger charge is 2.38. The van der Waals surface area contributed by atoms with Gasteiger partial charge >= 0.3 is 6.03 Å². The summed E-state index contributed by atoms with van der Waals surface area (Å²) in [6.45, 7) is 1.55. The second-order valence-corrected chi connectivity index (χ2v) is 8.79. The third-order valence-electron chi connectivity index (χ3n) is 6.41. The van der Waals surface area contributed by atoms with Crippen LogP contribution in [0.2, 0.25) is 0 Å². The number of methoxy groups -OCH3 is 2. The maximum atomic E-state index is 15.5. The molecule has 12 heteroatoms. The second-order valence-electron chi connectivity index (χ2n) is 8.79. The number of carbonyl (C=O) groups is 1. The maximum Gasteiger partial charge on any atom is 0.334 e. The van der Waals surface area contributed by atoms with E-state index in [9.17, 15) is 4.79 Å². The number of hydrogen-bond donors (Lipinski definition) is 2. The van der Waals surface area contributed by atoms with Crippen molar-refractivity contribution in [2.75, 3.05) is 31.1 Å². The number of amides is 2. The van der Waals surface area contributed by atoms with Gasteiger partial charge in [-0.25, -0.2) is 13.6 Å². The van der Waals surface area contributed by atoms with Crippen molar-refractivity contribution in [3.8, 4) is 11.5 Å². The van der Waals surface area contributed by atoms with Crippen LogP contribution in [0.5, 0.6) is 11.5 Å². The number of hydrogen-bond acceptors (Lipinski definition) is 7. The summed E-state index contributed by atoms with van der Waals surface area (Å²) < 4.78 is 41.2. The van der Waals surface area contributed by atoms with Gasteiger partial charge in [0.25, 0.3) is 0 Å². The summed E-state index contributed by atoms with van der Waals surface area (Å²) in [6, 6.07) is 7.32. The Kier molecular flexibility index (Phi) is 6.60. The molecule has 0 spiro atoms. The van der Waals surface area contributed by atoms with E-state index in [4.69, 9.17) is 15.2 Å². The van der Waals surface area contributed by atoms with Gasteiger partial charge in [-0.2, -0.15) is 5.10 Å². The van der Waals surface area contributed by atoms with E-state index in [1.54, 1.807) is 56.8 Å². The van der Waals surface area contributed by atoms with Gasteiger partial charge < -0.3 is 15.2 Å². The van der Waals surface area contributed by atoms with E-state index >= 15 is 8.78 Å². The minimum atomic E-state index is -1.04. The van der Waals surface area contributed by atoms with Crippen molar-refractivity contribution in [1.29, 1.82) is 0 Å². The number of allylic oxidation sites excluding steroid dienone is 2. The minimum Gasteiger partial charge on any atom is -0.493 e. The van der Waals surface area contributed by atoms with Crippen LogP contribution < -0.4 is 25.0 Å². The SMILES string of the molecule is CN=CC(=C(C)N)c1cc2c(cn1)CN(c1c(F)c(OC)cc(OC)c1F)C(=O)N2c1ccc2[nH]ncc2c1. The molecule has 0 unspecified atom stereocenters. The number of ether oxygens (including phenoxy) is 2. The molecule has 0 aliphatic carbocycles. The number of rotatable bonds is 6. The number of nitrogens with one attached hydrogen (secondary N) is 1. The lowest BCUT2D eigenvalue weighted by molar-refractivity contribution is 0.251. The lowest BCUT2D eigenvalue weighted by Crippen LogP contribution is -2.46. The van der Waals surface area contributed by atoms with Gasteiger partial charge in [-0.15, -0.1) is 0 Å². The normalized spacial score (nSPS) is 14.2. The number of benzene rings is 2. The summed E-state index contributed by atoms with van der Waals surface area (Å²) in [7, 11) is 4.10. The van der Waals surface area contributed by atoms with E-state index in [-0.39, 0.29) is 18.0 Å². The Balaban J connectivity index is 1.75. The number of anilines is 3. The van der Waals surface area contributed by atoms with Gasteiger partial charge in [0.2, 0.25) is 0 Å². The summed E-state index contributed by atoms with van der Waals surface area (Å²) in [4.78, 5) is 25.1. The van der Waals surface area contributed by atoms with Crippen molar-refractivity contribution >= 4 is 45.8 Å². The monoisotopic (exact) mass is 533 g/mol. The molecule has 0 fully saturated rings. The zero-order valence-corrected chi connectivity index (χ0v) is 21.6. The molecular formula is C27H25F2N7O3. The first-order chi connectivity index (χ1) is 18.8. The second kappa shape index (κ2) is 10.0. The van der Waals surface area contributed by atoms with Gasteiger partial charge in [-0.05, 0) is 31.2 Å². The van der Waals surface area contributed by atoms with Crippen molar-refractivity contribution < 1.29 is 23.0 Å². The van der Waals surface area contributed by atoms with Crippen molar-refractivity contribution in [2.24, 2.45) is 10.7 Å². The van der Waals surface area contributed by atoms with Crippen molar-refractivity contribution in [3.05, 3.63) is 71.3 Å².